The molecule has 1 rings (SSSR count). The van der Waals surface area contributed by atoms with E-state index in [-0.39, 0.29) is 60.6 Å². The molecule has 0 heterocycles. The van der Waals surface area contributed by atoms with E-state index in [0.717, 1.165) is 5.56 Å². The first-order valence-corrected chi connectivity index (χ1v) is 20.5. The number of benzene rings is 1. The number of phenols is 1. The predicted molar refractivity (Wildman–Crippen MR) is 220 cm³/mol. The molecule has 0 radical (unpaired) electrons. The molecule has 0 saturated carbocycles. The van der Waals surface area contributed by atoms with Gasteiger partial charge >= 0.3 is 5.97 Å². The Labute approximate surface area is 345 Å². The summed E-state index contributed by atoms with van der Waals surface area (Å²) < 4.78 is 42.7. The minimum absolute atomic E-state index is 0.0446. The van der Waals surface area contributed by atoms with Crippen LogP contribution in [0.1, 0.15) is 79.2 Å². The molecule has 5 N–H and O–H groups in total. The van der Waals surface area contributed by atoms with Gasteiger partial charge < -0.3 is 59.4 Å². The Morgan fingerprint density at radius 1 is 0.759 bits per heavy atom. The molecule has 1 aromatic carbocycles. The normalized spacial score (nSPS) is 13.7. The van der Waals surface area contributed by atoms with Gasteiger partial charge in [-0.25, -0.2) is 0 Å². The average molecular weight is 828 g/mol. The number of aromatic hydroxyl groups is 1. The molecule has 2 amide bonds. The summed E-state index contributed by atoms with van der Waals surface area (Å²) in [7, 11) is 1.63. The molecule has 1 aromatic rings. The fraction of sp³-hybridized carbons (Fsp3) is 0.762. The summed E-state index contributed by atoms with van der Waals surface area (Å²) in [5, 5.41) is 15.9. The van der Waals surface area contributed by atoms with Crippen molar-refractivity contribution >= 4 is 29.3 Å². The SMILES string of the molecule is COCCOCCOCCOCCOCCOCCOCC(=O)NCCCC[C@H](N)C(=O)C[C@@H](C)C(=O)Nc1cc(C[C@H](C)CC(C)C(=O)OC(C)(C)C)ccc1O. The van der Waals surface area contributed by atoms with E-state index in [0.29, 0.717) is 111 Å². The van der Waals surface area contributed by atoms with E-state index in [9.17, 15) is 24.3 Å². The molecular formula is C42H73N3O13. The van der Waals surface area contributed by atoms with Crippen molar-refractivity contribution in [2.75, 3.05) is 105 Å². The maximum absolute atomic E-state index is 13.0. The summed E-state index contributed by atoms with van der Waals surface area (Å²) in [5.41, 5.74) is 6.73. The van der Waals surface area contributed by atoms with Crippen LogP contribution in [0.2, 0.25) is 0 Å². The number of esters is 1. The first-order chi connectivity index (χ1) is 27.6. The molecule has 334 valence electrons. The number of carbonyl (C=O) groups excluding carboxylic acids is 4. The third-order valence-electron chi connectivity index (χ3n) is 8.63. The van der Waals surface area contributed by atoms with E-state index in [4.69, 9.17) is 43.6 Å². The topological polar surface area (TPSA) is 212 Å². The second kappa shape index (κ2) is 31.7. The van der Waals surface area contributed by atoms with Gasteiger partial charge in [0.15, 0.2) is 0 Å². The number of phenolic OH excluding ortho intramolecular Hbond substituents is 1. The van der Waals surface area contributed by atoms with E-state index in [1.165, 1.54) is 6.07 Å². The lowest BCUT2D eigenvalue weighted by atomic mass is 9.91. The van der Waals surface area contributed by atoms with Gasteiger partial charge in [-0.15, -0.1) is 0 Å². The Bertz CT molecular complexity index is 1290. The molecule has 0 bridgehead atoms. The lowest BCUT2D eigenvalue weighted by molar-refractivity contribution is -0.160. The molecule has 0 aromatic heterocycles. The van der Waals surface area contributed by atoms with Crippen LogP contribution in [-0.4, -0.2) is 140 Å². The largest absolute Gasteiger partial charge is 0.506 e. The summed E-state index contributed by atoms with van der Waals surface area (Å²) in [4.78, 5) is 50.2. The number of anilines is 1. The molecule has 0 aliphatic heterocycles. The van der Waals surface area contributed by atoms with Crippen LogP contribution in [0, 0.1) is 17.8 Å². The molecule has 16 nitrogen and oxygen atoms in total. The molecule has 0 saturated heterocycles. The number of nitrogens with one attached hydrogen (secondary N) is 2. The number of methoxy groups -OCH3 is 1. The van der Waals surface area contributed by atoms with Crippen LogP contribution in [0.3, 0.4) is 0 Å². The van der Waals surface area contributed by atoms with E-state index in [2.05, 4.69) is 10.6 Å². The van der Waals surface area contributed by atoms with Gasteiger partial charge in [0.25, 0.3) is 0 Å². The Morgan fingerprint density at radius 3 is 1.83 bits per heavy atom. The zero-order valence-corrected chi connectivity index (χ0v) is 36.1. The lowest BCUT2D eigenvalue weighted by Crippen LogP contribution is -2.34. The van der Waals surface area contributed by atoms with E-state index >= 15 is 0 Å². The van der Waals surface area contributed by atoms with Crippen LogP contribution in [-0.2, 0) is 63.5 Å². The van der Waals surface area contributed by atoms with Gasteiger partial charge in [-0.1, -0.05) is 26.8 Å². The zero-order chi connectivity index (χ0) is 43.2. The van der Waals surface area contributed by atoms with Crippen molar-refractivity contribution < 1.29 is 62.2 Å². The summed E-state index contributed by atoms with van der Waals surface area (Å²) in [5.74, 6) is -2.00. The summed E-state index contributed by atoms with van der Waals surface area (Å²) in [6.07, 6.45) is 2.88. The van der Waals surface area contributed by atoms with E-state index in [1.807, 2.05) is 34.6 Å². The highest BCUT2D eigenvalue weighted by Gasteiger charge is 2.24. The average Bonchev–Trinajstić information content (AvgIpc) is 3.15. The number of amides is 2. The number of ketones is 1. The van der Waals surface area contributed by atoms with Crippen LogP contribution in [0.4, 0.5) is 5.69 Å². The third-order valence-corrected chi connectivity index (χ3v) is 8.63. The minimum Gasteiger partial charge on any atom is -0.506 e. The lowest BCUT2D eigenvalue weighted by Gasteiger charge is -2.23. The van der Waals surface area contributed by atoms with Gasteiger partial charge in [-0.2, -0.15) is 0 Å². The van der Waals surface area contributed by atoms with Crippen LogP contribution in [0.15, 0.2) is 18.2 Å². The summed E-state index contributed by atoms with van der Waals surface area (Å²) in [6.45, 7) is 16.9. The Balaban J connectivity index is 2.14. The number of ether oxygens (including phenoxy) is 8. The molecule has 0 spiro atoms. The number of nitrogens with two attached hydrogens (primary N) is 1. The predicted octanol–water partition coefficient (Wildman–Crippen LogP) is 3.83. The second-order valence-electron chi connectivity index (χ2n) is 15.5. The van der Waals surface area contributed by atoms with Crippen molar-refractivity contribution in [2.24, 2.45) is 23.5 Å². The monoisotopic (exact) mass is 828 g/mol. The smallest absolute Gasteiger partial charge is 0.309 e. The first kappa shape index (κ1) is 52.8. The van der Waals surface area contributed by atoms with Gasteiger partial charge in [-0.05, 0) is 76.5 Å². The minimum atomic E-state index is -0.734. The molecule has 58 heavy (non-hydrogen) atoms. The number of hydrogen-bond acceptors (Lipinski definition) is 14. The van der Waals surface area contributed by atoms with E-state index < -0.39 is 23.5 Å². The number of unbranched alkanes of at least 4 members (excludes halogenated alkanes) is 1. The Morgan fingerprint density at radius 2 is 1.29 bits per heavy atom. The number of rotatable bonds is 35. The number of Topliss-reactive ketones (excluding diaryl/α,β-unsaturated/α-hetero) is 1. The highest BCUT2D eigenvalue weighted by molar-refractivity contribution is 5.97. The quantitative estimate of drug-likeness (QED) is 0.0435. The molecular weight excluding hydrogens is 754 g/mol. The zero-order valence-electron chi connectivity index (χ0n) is 36.1. The van der Waals surface area contributed by atoms with Gasteiger partial charge in [0.1, 0.15) is 23.7 Å². The fourth-order valence-electron chi connectivity index (χ4n) is 5.54. The molecule has 1 unspecified atom stereocenters. The first-order valence-electron chi connectivity index (χ1n) is 20.5. The molecule has 0 aliphatic carbocycles. The number of hydrogen-bond donors (Lipinski definition) is 4. The van der Waals surface area contributed by atoms with Crippen molar-refractivity contribution in [2.45, 2.75) is 91.7 Å². The van der Waals surface area contributed by atoms with Crippen molar-refractivity contribution in [3.8, 4) is 5.75 Å². The molecule has 0 fully saturated rings. The second-order valence-corrected chi connectivity index (χ2v) is 15.5. The van der Waals surface area contributed by atoms with Crippen LogP contribution in [0.25, 0.3) is 0 Å². The number of carbonyl (C=O) groups is 4. The highest BCUT2D eigenvalue weighted by Crippen LogP contribution is 2.28. The Hall–Kier alpha value is -3.22. The van der Waals surface area contributed by atoms with E-state index in [1.54, 1.807) is 26.2 Å². The maximum atomic E-state index is 13.0. The Kier molecular flexibility index (Phi) is 28.8. The molecule has 16 heteroatoms. The van der Waals surface area contributed by atoms with Crippen molar-refractivity contribution in [1.82, 2.24) is 5.32 Å². The summed E-state index contributed by atoms with van der Waals surface area (Å²) >= 11 is 0. The maximum Gasteiger partial charge on any atom is 0.309 e. The molecule has 0 aliphatic rings. The molecule has 4 atom stereocenters. The standard InChI is InChI=1S/C42H73N3O13/c1-31(26-33(3)41(50)58-42(4,5)6)27-34-11-12-37(46)36(29-34)45-40(49)32(2)28-38(47)35(43)10-8-9-13-44-39(48)30-57-25-24-56-23-22-55-21-20-54-19-18-53-17-16-52-15-14-51-7/h11-12,29,31-33,35,46H,8-10,13-28,30,43H2,1-7H3,(H,44,48)(H,45,49)/t31-,32-,33?,35+/m1/s1. The summed E-state index contributed by atoms with van der Waals surface area (Å²) in [6, 6.07) is 4.28. The van der Waals surface area contributed by atoms with Crippen LogP contribution < -0.4 is 16.4 Å². The van der Waals surface area contributed by atoms with Gasteiger partial charge in [-0.3, -0.25) is 19.2 Å². The van der Waals surface area contributed by atoms with Crippen LogP contribution >= 0.6 is 0 Å². The van der Waals surface area contributed by atoms with Crippen molar-refractivity contribution in [3.63, 3.8) is 0 Å². The van der Waals surface area contributed by atoms with Gasteiger partial charge in [0.2, 0.25) is 11.8 Å². The highest BCUT2D eigenvalue weighted by atomic mass is 16.6. The van der Waals surface area contributed by atoms with Gasteiger partial charge in [0.05, 0.1) is 96.9 Å². The van der Waals surface area contributed by atoms with Crippen molar-refractivity contribution in [1.29, 1.82) is 0 Å². The fourth-order valence-corrected chi connectivity index (χ4v) is 5.54. The third kappa shape index (κ3) is 27.5. The van der Waals surface area contributed by atoms with Gasteiger partial charge in [0, 0.05) is 26.0 Å². The van der Waals surface area contributed by atoms with Crippen molar-refractivity contribution in [3.05, 3.63) is 23.8 Å². The van der Waals surface area contributed by atoms with Crippen LogP contribution in [0.5, 0.6) is 5.75 Å².